The lowest BCUT2D eigenvalue weighted by molar-refractivity contribution is 0.328. The minimum Gasteiger partial charge on any atom is -0.492 e. The normalized spacial score (nSPS) is 19.9. The summed E-state index contributed by atoms with van der Waals surface area (Å²) in [5.74, 6) is 0.914. The molecular weight excluding hydrogens is 188 g/mol. The first-order chi connectivity index (χ1) is 7.31. The molecule has 0 aromatic heterocycles. The Bertz CT molecular complexity index is 327. The molecule has 1 atom stereocenters. The first-order valence-corrected chi connectivity index (χ1v) is 5.51. The second-order valence-corrected chi connectivity index (χ2v) is 3.97. The van der Waals surface area contributed by atoms with Crippen LogP contribution in [0.15, 0.2) is 24.3 Å². The summed E-state index contributed by atoms with van der Waals surface area (Å²) in [5, 5.41) is 0. The monoisotopic (exact) mass is 206 g/mol. The van der Waals surface area contributed by atoms with E-state index in [1.54, 1.807) is 0 Å². The first-order valence-electron chi connectivity index (χ1n) is 5.51. The van der Waals surface area contributed by atoms with Crippen molar-refractivity contribution in [2.75, 3.05) is 24.6 Å². The number of anilines is 1. The van der Waals surface area contributed by atoms with Gasteiger partial charge in [0.1, 0.15) is 12.4 Å². The Morgan fingerprint density at radius 1 is 1.53 bits per heavy atom. The lowest BCUT2D eigenvalue weighted by Crippen LogP contribution is -2.45. The predicted molar refractivity (Wildman–Crippen MR) is 62.4 cm³/mol. The van der Waals surface area contributed by atoms with Gasteiger partial charge in [-0.05, 0) is 25.5 Å². The molecule has 1 aliphatic heterocycles. The van der Waals surface area contributed by atoms with Crippen LogP contribution in [0.2, 0.25) is 0 Å². The van der Waals surface area contributed by atoms with E-state index < -0.39 is 0 Å². The standard InChI is InChI=1S/C12H18N2O/c1-10-5-7-14(10)11-3-2-4-12(9-11)15-8-6-13/h2-4,9-10H,5-8,13H2,1H3. The van der Waals surface area contributed by atoms with Crippen LogP contribution >= 0.6 is 0 Å². The van der Waals surface area contributed by atoms with Crippen LogP contribution in [0.4, 0.5) is 5.69 Å². The quantitative estimate of drug-likeness (QED) is 0.813. The molecule has 15 heavy (non-hydrogen) atoms. The smallest absolute Gasteiger partial charge is 0.121 e. The predicted octanol–water partition coefficient (Wildman–Crippen LogP) is 1.62. The first kappa shape index (κ1) is 10.3. The Kier molecular flexibility index (Phi) is 3.11. The number of nitrogens with zero attached hydrogens (tertiary/aromatic N) is 1. The summed E-state index contributed by atoms with van der Waals surface area (Å²) in [6.45, 7) is 4.54. The van der Waals surface area contributed by atoms with Gasteiger partial charge in [0.25, 0.3) is 0 Å². The summed E-state index contributed by atoms with van der Waals surface area (Å²) in [5.41, 5.74) is 6.65. The lowest BCUT2D eigenvalue weighted by atomic mass is 10.0. The van der Waals surface area contributed by atoms with Crippen LogP contribution in [-0.2, 0) is 0 Å². The van der Waals surface area contributed by atoms with Gasteiger partial charge in [-0.3, -0.25) is 0 Å². The van der Waals surface area contributed by atoms with Crippen molar-refractivity contribution in [3.05, 3.63) is 24.3 Å². The highest BCUT2D eigenvalue weighted by Crippen LogP contribution is 2.28. The average Bonchev–Trinajstić information content (AvgIpc) is 2.25. The van der Waals surface area contributed by atoms with Gasteiger partial charge in [0.15, 0.2) is 0 Å². The Hall–Kier alpha value is -1.22. The molecule has 1 unspecified atom stereocenters. The molecule has 1 aromatic carbocycles. The van der Waals surface area contributed by atoms with Gasteiger partial charge in [0.05, 0.1) is 0 Å². The third-order valence-corrected chi connectivity index (χ3v) is 2.86. The van der Waals surface area contributed by atoms with Crippen LogP contribution < -0.4 is 15.4 Å². The molecule has 1 aromatic rings. The van der Waals surface area contributed by atoms with Crippen LogP contribution in [0.5, 0.6) is 5.75 Å². The van der Waals surface area contributed by atoms with E-state index in [2.05, 4.69) is 24.0 Å². The number of ether oxygens (including phenoxy) is 1. The highest BCUT2D eigenvalue weighted by Gasteiger charge is 2.23. The lowest BCUT2D eigenvalue weighted by Gasteiger charge is -2.40. The molecule has 3 heteroatoms. The maximum Gasteiger partial charge on any atom is 0.121 e. The molecule has 1 saturated heterocycles. The minimum atomic E-state index is 0.560. The van der Waals surface area contributed by atoms with E-state index in [9.17, 15) is 0 Å². The van der Waals surface area contributed by atoms with Crippen molar-refractivity contribution in [1.29, 1.82) is 0 Å². The number of rotatable bonds is 4. The maximum atomic E-state index is 5.50. The van der Waals surface area contributed by atoms with Gasteiger partial charge >= 0.3 is 0 Å². The minimum absolute atomic E-state index is 0.560. The molecule has 3 nitrogen and oxygen atoms in total. The summed E-state index contributed by atoms with van der Waals surface area (Å²) in [6.07, 6.45) is 1.29. The van der Waals surface area contributed by atoms with E-state index in [4.69, 9.17) is 10.5 Å². The van der Waals surface area contributed by atoms with Gasteiger partial charge in [-0.1, -0.05) is 6.07 Å². The van der Waals surface area contributed by atoms with Crippen LogP contribution in [0.25, 0.3) is 0 Å². The van der Waals surface area contributed by atoms with Crippen molar-refractivity contribution in [1.82, 2.24) is 0 Å². The van der Waals surface area contributed by atoms with E-state index >= 15 is 0 Å². The topological polar surface area (TPSA) is 38.5 Å². The third kappa shape index (κ3) is 2.23. The fraction of sp³-hybridized carbons (Fsp3) is 0.500. The highest BCUT2D eigenvalue weighted by atomic mass is 16.5. The molecule has 0 aliphatic carbocycles. The molecule has 0 saturated carbocycles. The zero-order chi connectivity index (χ0) is 10.7. The molecule has 0 spiro atoms. The van der Waals surface area contributed by atoms with E-state index in [1.807, 2.05) is 12.1 Å². The molecule has 0 bridgehead atoms. The summed E-state index contributed by atoms with van der Waals surface area (Å²) in [4.78, 5) is 2.38. The van der Waals surface area contributed by atoms with Crippen molar-refractivity contribution in [3.8, 4) is 5.75 Å². The van der Waals surface area contributed by atoms with Crippen molar-refractivity contribution in [3.63, 3.8) is 0 Å². The molecule has 2 N–H and O–H groups in total. The molecule has 2 rings (SSSR count). The second kappa shape index (κ2) is 4.53. The highest BCUT2D eigenvalue weighted by molar-refractivity contribution is 5.53. The van der Waals surface area contributed by atoms with Gasteiger partial charge in [-0.2, -0.15) is 0 Å². The number of hydrogen-bond donors (Lipinski definition) is 1. The molecule has 0 amide bonds. The van der Waals surface area contributed by atoms with Crippen molar-refractivity contribution in [2.45, 2.75) is 19.4 Å². The van der Waals surface area contributed by atoms with Crippen LogP contribution in [0, 0.1) is 0 Å². The molecule has 1 aliphatic rings. The van der Waals surface area contributed by atoms with Gasteiger partial charge in [0, 0.05) is 30.9 Å². The Labute approximate surface area is 90.8 Å². The SMILES string of the molecule is CC1CCN1c1cccc(OCCN)c1. The van der Waals surface area contributed by atoms with E-state index in [1.165, 1.54) is 12.1 Å². The fourth-order valence-electron chi connectivity index (χ4n) is 1.83. The number of nitrogens with two attached hydrogens (primary N) is 1. The van der Waals surface area contributed by atoms with Crippen molar-refractivity contribution < 1.29 is 4.74 Å². The van der Waals surface area contributed by atoms with Gasteiger partial charge in [0.2, 0.25) is 0 Å². The summed E-state index contributed by atoms with van der Waals surface area (Å²) in [7, 11) is 0. The van der Waals surface area contributed by atoms with Gasteiger partial charge in [-0.15, -0.1) is 0 Å². The largest absolute Gasteiger partial charge is 0.492 e. The van der Waals surface area contributed by atoms with Crippen LogP contribution in [0.3, 0.4) is 0 Å². The van der Waals surface area contributed by atoms with Crippen molar-refractivity contribution in [2.24, 2.45) is 5.73 Å². The Morgan fingerprint density at radius 3 is 3.00 bits per heavy atom. The van der Waals surface area contributed by atoms with Crippen LogP contribution in [0.1, 0.15) is 13.3 Å². The molecule has 82 valence electrons. The molecular formula is C12H18N2O. The average molecular weight is 206 g/mol. The van der Waals surface area contributed by atoms with Crippen molar-refractivity contribution >= 4 is 5.69 Å². The molecule has 0 radical (unpaired) electrons. The van der Waals surface area contributed by atoms with E-state index in [-0.39, 0.29) is 0 Å². The number of benzene rings is 1. The summed E-state index contributed by atoms with van der Waals surface area (Å²) in [6, 6.07) is 8.89. The zero-order valence-electron chi connectivity index (χ0n) is 9.15. The summed E-state index contributed by atoms with van der Waals surface area (Å²) >= 11 is 0. The number of hydrogen-bond acceptors (Lipinski definition) is 3. The van der Waals surface area contributed by atoms with Crippen LogP contribution in [-0.4, -0.2) is 25.7 Å². The molecule has 1 fully saturated rings. The van der Waals surface area contributed by atoms with Gasteiger partial charge in [-0.25, -0.2) is 0 Å². The van der Waals surface area contributed by atoms with E-state index in [0.29, 0.717) is 19.2 Å². The third-order valence-electron chi connectivity index (χ3n) is 2.86. The zero-order valence-corrected chi connectivity index (χ0v) is 9.15. The maximum absolute atomic E-state index is 5.50. The Morgan fingerprint density at radius 2 is 2.40 bits per heavy atom. The Balaban J connectivity index is 2.05. The summed E-state index contributed by atoms with van der Waals surface area (Å²) < 4.78 is 5.50. The molecule has 1 heterocycles. The van der Waals surface area contributed by atoms with E-state index in [0.717, 1.165) is 12.3 Å². The van der Waals surface area contributed by atoms with Gasteiger partial charge < -0.3 is 15.4 Å². The second-order valence-electron chi connectivity index (χ2n) is 3.97. The fourth-order valence-corrected chi connectivity index (χ4v) is 1.83.